The van der Waals surface area contributed by atoms with Crippen molar-refractivity contribution in [2.24, 2.45) is 4.99 Å². The molecule has 0 saturated carbocycles. The molecule has 0 unspecified atom stereocenters. The van der Waals surface area contributed by atoms with E-state index in [1.54, 1.807) is 14.2 Å². The van der Waals surface area contributed by atoms with E-state index < -0.39 is 0 Å². The molecule has 1 aliphatic rings. The summed E-state index contributed by atoms with van der Waals surface area (Å²) in [6.45, 7) is 3.47. The second-order valence-electron chi connectivity index (χ2n) is 5.54. The van der Waals surface area contributed by atoms with E-state index in [2.05, 4.69) is 34.7 Å². The Morgan fingerprint density at radius 1 is 1.26 bits per heavy atom. The van der Waals surface area contributed by atoms with Crippen LogP contribution in [0.25, 0.3) is 0 Å². The summed E-state index contributed by atoms with van der Waals surface area (Å²) in [5, 5.41) is 6.77. The molecular weight excluding hydrogens is 290 g/mol. The number of nitrogens with zero attached hydrogens (tertiary/aromatic N) is 1. The number of rotatable bonds is 7. The number of nitrogens with one attached hydrogen (secondary N) is 2. The number of methoxy groups -OCH3 is 1. The molecule has 0 atom stereocenters. The minimum Gasteiger partial charge on any atom is -0.493 e. The third-order valence-electron chi connectivity index (χ3n) is 3.72. The van der Waals surface area contributed by atoms with Gasteiger partial charge in [0.2, 0.25) is 0 Å². The minimum atomic E-state index is 0.445. The number of hydrogen-bond donors (Lipinski definition) is 2. The van der Waals surface area contributed by atoms with Crippen LogP contribution >= 0.6 is 0 Å². The highest BCUT2D eigenvalue weighted by atomic mass is 16.5. The van der Waals surface area contributed by atoms with Crippen LogP contribution in [-0.2, 0) is 6.54 Å². The second kappa shape index (κ2) is 9.08. The summed E-state index contributed by atoms with van der Waals surface area (Å²) in [5.41, 5.74) is 1.12. The maximum atomic E-state index is 5.68. The van der Waals surface area contributed by atoms with Crippen molar-refractivity contribution >= 4 is 5.96 Å². The summed E-state index contributed by atoms with van der Waals surface area (Å²) >= 11 is 0. The molecular formula is C18H27N3O2. The third-order valence-corrected chi connectivity index (χ3v) is 3.72. The van der Waals surface area contributed by atoms with Gasteiger partial charge in [0, 0.05) is 19.6 Å². The van der Waals surface area contributed by atoms with Crippen molar-refractivity contribution < 1.29 is 9.47 Å². The van der Waals surface area contributed by atoms with E-state index in [1.165, 1.54) is 0 Å². The van der Waals surface area contributed by atoms with Gasteiger partial charge < -0.3 is 20.1 Å². The largest absolute Gasteiger partial charge is 0.493 e. The first-order valence-corrected chi connectivity index (χ1v) is 8.18. The smallest absolute Gasteiger partial charge is 0.191 e. The predicted octanol–water partition coefficient (Wildman–Crippen LogP) is 2.87. The summed E-state index contributed by atoms with van der Waals surface area (Å²) in [5.74, 6) is 2.38. The summed E-state index contributed by atoms with van der Waals surface area (Å²) in [6.07, 6.45) is 7.48. The number of guanidine groups is 1. The number of benzene rings is 1. The Kier molecular flexibility index (Phi) is 6.78. The Balaban J connectivity index is 1.91. The van der Waals surface area contributed by atoms with Gasteiger partial charge >= 0.3 is 0 Å². The zero-order chi connectivity index (χ0) is 16.5. The first-order valence-electron chi connectivity index (χ1n) is 8.18. The van der Waals surface area contributed by atoms with Crippen LogP contribution in [0, 0.1) is 0 Å². The van der Waals surface area contributed by atoms with Crippen LogP contribution in [0.2, 0.25) is 0 Å². The maximum absolute atomic E-state index is 5.68. The van der Waals surface area contributed by atoms with Crippen LogP contribution in [0.4, 0.5) is 0 Å². The highest BCUT2D eigenvalue weighted by molar-refractivity contribution is 5.80. The van der Waals surface area contributed by atoms with Gasteiger partial charge in [0.25, 0.3) is 0 Å². The first kappa shape index (κ1) is 17.2. The van der Waals surface area contributed by atoms with E-state index >= 15 is 0 Å². The standard InChI is InChI=1S/C18H27N3O2/c1-4-11-23-16-10-9-14(12-17(16)22-3)13-20-18(19-2)21-15-7-5-6-8-15/h5-6,9-10,12,15H,4,7-8,11,13H2,1-3H3,(H2,19,20,21). The van der Waals surface area contributed by atoms with Crippen molar-refractivity contribution in [2.75, 3.05) is 20.8 Å². The van der Waals surface area contributed by atoms with Crippen molar-refractivity contribution in [1.82, 2.24) is 10.6 Å². The average molecular weight is 317 g/mol. The number of ether oxygens (including phenoxy) is 2. The zero-order valence-corrected chi connectivity index (χ0v) is 14.3. The summed E-state index contributed by atoms with van der Waals surface area (Å²) in [6, 6.07) is 6.45. The molecule has 2 rings (SSSR count). The van der Waals surface area contributed by atoms with E-state index in [9.17, 15) is 0 Å². The summed E-state index contributed by atoms with van der Waals surface area (Å²) in [7, 11) is 3.46. The molecule has 0 aliphatic heterocycles. The third kappa shape index (κ3) is 5.20. The molecule has 5 heteroatoms. The van der Waals surface area contributed by atoms with Crippen molar-refractivity contribution in [3.63, 3.8) is 0 Å². The van der Waals surface area contributed by atoms with Gasteiger partial charge in [-0.05, 0) is 37.0 Å². The fourth-order valence-electron chi connectivity index (χ4n) is 2.46. The van der Waals surface area contributed by atoms with Crippen molar-refractivity contribution in [3.8, 4) is 11.5 Å². The van der Waals surface area contributed by atoms with Crippen LogP contribution < -0.4 is 20.1 Å². The molecule has 1 aromatic carbocycles. The molecule has 0 amide bonds. The van der Waals surface area contributed by atoms with E-state index in [-0.39, 0.29) is 0 Å². The topological polar surface area (TPSA) is 54.9 Å². The van der Waals surface area contributed by atoms with Gasteiger partial charge in [-0.1, -0.05) is 25.1 Å². The first-order chi connectivity index (χ1) is 11.3. The molecule has 5 nitrogen and oxygen atoms in total. The molecule has 0 fully saturated rings. The molecule has 0 aromatic heterocycles. The number of aliphatic imine (C=N–C) groups is 1. The van der Waals surface area contributed by atoms with Gasteiger partial charge in [-0.15, -0.1) is 0 Å². The predicted molar refractivity (Wildman–Crippen MR) is 94.3 cm³/mol. The van der Waals surface area contributed by atoms with Crippen LogP contribution in [0.3, 0.4) is 0 Å². The fourth-order valence-corrected chi connectivity index (χ4v) is 2.46. The second-order valence-corrected chi connectivity index (χ2v) is 5.54. The molecule has 1 aliphatic carbocycles. The lowest BCUT2D eigenvalue weighted by molar-refractivity contribution is 0.294. The molecule has 0 heterocycles. The molecule has 0 spiro atoms. The highest BCUT2D eigenvalue weighted by Crippen LogP contribution is 2.28. The Morgan fingerprint density at radius 3 is 2.70 bits per heavy atom. The molecule has 0 radical (unpaired) electrons. The van der Waals surface area contributed by atoms with E-state index in [1.807, 2.05) is 18.2 Å². The van der Waals surface area contributed by atoms with Gasteiger partial charge in [-0.3, -0.25) is 4.99 Å². The van der Waals surface area contributed by atoms with Crippen molar-refractivity contribution in [2.45, 2.75) is 38.8 Å². The molecule has 126 valence electrons. The molecule has 0 bridgehead atoms. The summed E-state index contributed by atoms with van der Waals surface area (Å²) < 4.78 is 11.1. The van der Waals surface area contributed by atoms with Crippen LogP contribution in [0.5, 0.6) is 11.5 Å². The van der Waals surface area contributed by atoms with Crippen LogP contribution in [0.1, 0.15) is 31.7 Å². The lowest BCUT2D eigenvalue weighted by Crippen LogP contribution is -2.42. The lowest BCUT2D eigenvalue weighted by Gasteiger charge is -2.17. The maximum Gasteiger partial charge on any atom is 0.191 e. The van der Waals surface area contributed by atoms with Gasteiger partial charge in [0.1, 0.15) is 0 Å². The van der Waals surface area contributed by atoms with Gasteiger partial charge in [0.15, 0.2) is 17.5 Å². The SMILES string of the molecule is CCCOc1ccc(CNC(=NC)NC2CC=CC2)cc1OC. The lowest BCUT2D eigenvalue weighted by atomic mass is 10.2. The van der Waals surface area contributed by atoms with E-state index in [0.29, 0.717) is 19.2 Å². The normalized spacial score (nSPS) is 14.8. The fraction of sp³-hybridized carbons (Fsp3) is 0.500. The van der Waals surface area contributed by atoms with Crippen LogP contribution in [0.15, 0.2) is 35.3 Å². The van der Waals surface area contributed by atoms with Crippen LogP contribution in [-0.4, -0.2) is 32.8 Å². The average Bonchev–Trinajstić information content (AvgIpc) is 3.10. The van der Waals surface area contributed by atoms with Crippen molar-refractivity contribution in [3.05, 3.63) is 35.9 Å². The van der Waals surface area contributed by atoms with Gasteiger partial charge in [-0.2, -0.15) is 0 Å². The molecule has 0 saturated heterocycles. The highest BCUT2D eigenvalue weighted by Gasteiger charge is 2.12. The molecule has 23 heavy (non-hydrogen) atoms. The molecule has 2 N–H and O–H groups in total. The van der Waals surface area contributed by atoms with Gasteiger partial charge in [0.05, 0.1) is 13.7 Å². The summed E-state index contributed by atoms with van der Waals surface area (Å²) in [4.78, 5) is 4.28. The Morgan fingerprint density at radius 2 is 2.04 bits per heavy atom. The Bertz CT molecular complexity index is 547. The van der Waals surface area contributed by atoms with E-state index in [4.69, 9.17) is 9.47 Å². The van der Waals surface area contributed by atoms with Gasteiger partial charge in [-0.25, -0.2) is 0 Å². The van der Waals surface area contributed by atoms with Crippen molar-refractivity contribution in [1.29, 1.82) is 0 Å². The Hall–Kier alpha value is -2.17. The monoisotopic (exact) mass is 317 g/mol. The quantitative estimate of drug-likeness (QED) is 0.461. The van der Waals surface area contributed by atoms with E-state index in [0.717, 1.165) is 42.3 Å². The minimum absolute atomic E-state index is 0.445. The number of hydrogen-bond acceptors (Lipinski definition) is 3. The zero-order valence-electron chi connectivity index (χ0n) is 14.3. The Labute approximate surface area is 138 Å². The molecule has 1 aromatic rings.